The number of carbonyl (C=O) groups is 1. The molecule has 1 spiro atoms. The third-order valence-corrected chi connectivity index (χ3v) is 8.98. The molecule has 7 nitrogen and oxygen atoms in total. The number of carbonyl (C=O) groups excluding carboxylic acids is 1. The SMILES string of the molecule is Cc1ccc(N2CCN(CC[C@@H]3CC4(CCN(C(C)(C)[SH](=O)=O)CC4)C(=O)O3)CC2)cc1. The van der Waals surface area contributed by atoms with Gasteiger partial charge in [-0.05, 0) is 52.2 Å². The van der Waals surface area contributed by atoms with Crippen molar-refractivity contribution in [3.63, 3.8) is 0 Å². The van der Waals surface area contributed by atoms with Gasteiger partial charge < -0.3 is 9.64 Å². The van der Waals surface area contributed by atoms with Crippen LogP contribution in [-0.4, -0.2) is 81.0 Å². The van der Waals surface area contributed by atoms with Crippen molar-refractivity contribution in [3.8, 4) is 0 Å². The summed E-state index contributed by atoms with van der Waals surface area (Å²) in [5.41, 5.74) is 2.15. The van der Waals surface area contributed by atoms with E-state index in [1.165, 1.54) is 11.3 Å². The van der Waals surface area contributed by atoms with Crippen LogP contribution in [0.25, 0.3) is 0 Å². The van der Waals surface area contributed by atoms with E-state index in [2.05, 4.69) is 41.0 Å². The number of benzene rings is 1. The molecule has 3 aliphatic heterocycles. The molecule has 0 radical (unpaired) electrons. The maximum atomic E-state index is 12.7. The first-order valence-electron chi connectivity index (χ1n) is 11.8. The topological polar surface area (TPSA) is 70.2 Å². The predicted molar refractivity (Wildman–Crippen MR) is 127 cm³/mol. The van der Waals surface area contributed by atoms with Crippen LogP contribution in [0.2, 0.25) is 0 Å². The highest BCUT2D eigenvalue weighted by atomic mass is 32.2. The number of hydrogen-bond acceptors (Lipinski definition) is 7. The Morgan fingerprint density at radius 2 is 1.66 bits per heavy atom. The average Bonchev–Trinajstić information content (AvgIpc) is 3.08. The van der Waals surface area contributed by atoms with Gasteiger partial charge in [0.25, 0.3) is 0 Å². The second kappa shape index (κ2) is 9.31. The highest BCUT2D eigenvalue weighted by Gasteiger charge is 2.51. The first kappa shape index (κ1) is 23.5. The third kappa shape index (κ3) is 4.82. The van der Waals surface area contributed by atoms with Crippen molar-refractivity contribution in [1.29, 1.82) is 0 Å². The number of esters is 1. The predicted octanol–water partition coefficient (Wildman–Crippen LogP) is 2.25. The monoisotopic (exact) mass is 463 g/mol. The Morgan fingerprint density at radius 3 is 2.25 bits per heavy atom. The Labute approximate surface area is 193 Å². The highest BCUT2D eigenvalue weighted by Crippen LogP contribution is 2.45. The summed E-state index contributed by atoms with van der Waals surface area (Å²) >= 11 is 0. The third-order valence-electron chi connectivity index (χ3n) is 7.81. The van der Waals surface area contributed by atoms with Gasteiger partial charge in [0, 0.05) is 57.9 Å². The van der Waals surface area contributed by atoms with Crippen molar-refractivity contribution in [2.45, 2.75) is 57.4 Å². The maximum absolute atomic E-state index is 12.7. The summed E-state index contributed by atoms with van der Waals surface area (Å²) in [5, 5.41) is 0. The van der Waals surface area contributed by atoms with Gasteiger partial charge in [-0.15, -0.1) is 0 Å². The summed E-state index contributed by atoms with van der Waals surface area (Å²) in [6.07, 6.45) is 2.99. The molecule has 0 bridgehead atoms. The number of likely N-dealkylation sites (tertiary alicyclic amines) is 1. The Balaban J connectivity index is 1.23. The molecule has 8 heteroatoms. The van der Waals surface area contributed by atoms with E-state index in [0.29, 0.717) is 25.9 Å². The minimum atomic E-state index is -2.54. The zero-order valence-corrected chi connectivity index (χ0v) is 20.5. The molecule has 0 saturated carbocycles. The molecule has 3 heterocycles. The second-order valence-electron chi connectivity index (χ2n) is 10.2. The molecule has 0 aliphatic carbocycles. The van der Waals surface area contributed by atoms with Gasteiger partial charge in [-0.2, -0.15) is 0 Å². The smallest absolute Gasteiger partial charge is 0.312 e. The Hall–Kier alpha value is -1.64. The first-order chi connectivity index (χ1) is 15.2. The molecular weight excluding hydrogens is 426 g/mol. The quantitative estimate of drug-likeness (QED) is 0.513. The lowest BCUT2D eigenvalue weighted by molar-refractivity contribution is -0.151. The number of thiol groups is 1. The number of anilines is 1. The minimum absolute atomic E-state index is 0.0201. The van der Waals surface area contributed by atoms with Crippen molar-refractivity contribution in [1.82, 2.24) is 9.80 Å². The largest absolute Gasteiger partial charge is 0.462 e. The summed E-state index contributed by atoms with van der Waals surface area (Å²) in [4.78, 5) is 18.8. The van der Waals surface area contributed by atoms with Crippen molar-refractivity contribution >= 4 is 22.4 Å². The van der Waals surface area contributed by atoms with Crippen LogP contribution in [0.15, 0.2) is 24.3 Å². The summed E-state index contributed by atoms with van der Waals surface area (Å²) < 4.78 is 29.0. The van der Waals surface area contributed by atoms with E-state index in [0.717, 1.165) is 45.6 Å². The Morgan fingerprint density at radius 1 is 1.03 bits per heavy atom. The standard InChI is InChI=1S/C24H37N3O4S/c1-19-4-6-20(7-5-19)26-16-14-25(15-17-26)11-8-21-18-24(22(28)31-21)9-12-27(13-10-24)23(2,3)32(29)30/h4-7,21,32H,8-18H2,1-3H3/t21-/m1/s1. The molecule has 4 rings (SSSR count). The van der Waals surface area contributed by atoms with Crippen LogP contribution >= 0.6 is 0 Å². The van der Waals surface area contributed by atoms with E-state index >= 15 is 0 Å². The number of piperidine rings is 1. The van der Waals surface area contributed by atoms with Gasteiger partial charge in [0.05, 0.1) is 5.41 Å². The lowest BCUT2D eigenvalue weighted by Gasteiger charge is -2.42. The van der Waals surface area contributed by atoms with Gasteiger partial charge in [-0.3, -0.25) is 14.6 Å². The molecule has 0 aromatic heterocycles. The van der Waals surface area contributed by atoms with Crippen molar-refractivity contribution in [3.05, 3.63) is 29.8 Å². The van der Waals surface area contributed by atoms with Gasteiger partial charge in [0.15, 0.2) is 10.7 Å². The van der Waals surface area contributed by atoms with E-state index in [1.54, 1.807) is 13.8 Å². The highest BCUT2D eigenvalue weighted by molar-refractivity contribution is 7.73. The van der Waals surface area contributed by atoms with Crippen LogP contribution in [-0.2, 0) is 20.2 Å². The van der Waals surface area contributed by atoms with Gasteiger partial charge in [-0.1, -0.05) is 17.7 Å². The number of cyclic esters (lactones) is 1. The van der Waals surface area contributed by atoms with Crippen molar-refractivity contribution < 1.29 is 17.9 Å². The Bertz CT molecular complexity index is 875. The molecule has 1 atom stereocenters. The van der Waals surface area contributed by atoms with Crippen LogP contribution in [0.4, 0.5) is 5.69 Å². The van der Waals surface area contributed by atoms with Crippen molar-refractivity contribution in [2.24, 2.45) is 5.41 Å². The zero-order chi connectivity index (χ0) is 22.9. The molecule has 3 fully saturated rings. The molecule has 178 valence electrons. The molecule has 0 amide bonds. The van der Waals surface area contributed by atoms with Gasteiger partial charge in [0.2, 0.25) is 0 Å². The number of ether oxygens (including phenoxy) is 1. The molecule has 0 unspecified atom stereocenters. The fraction of sp³-hybridized carbons (Fsp3) is 0.708. The van der Waals surface area contributed by atoms with Gasteiger partial charge >= 0.3 is 5.97 Å². The molecule has 1 aromatic carbocycles. The second-order valence-corrected chi connectivity index (χ2v) is 11.8. The van der Waals surface area contributed by atoms with E-state index in [9.17, 15) is 13.2 Å². The van der Waals surface area contributed by atoms with Gasteiger partial charge in [-0.25, -0.2) is 8.42 Å². The van der Waals surface area contributed by atoms with Crippen LogP contribution in [0.3, 0.4) is 0 Å². The molecule has 3 aliphatic rings. The fourth-order valence-corrected chi connectivity index (χ4v) is 5.75. The van der Waals surface area contributed by atoms with Crippen LogP contribution in [0.1, 0.15) is 45.1 Å². The molecule has 3 saturated heterocycles. The maximum Gasteiger partial charge on any atom is 0.312 e. The molecule has 1 aromatic rings. The Kier molecular flexibility index (Phi) is 6.84. The summed E-state index contributed by atoms with van der Waals surface area (Å²) in [7, 11) is -2.54. The zero-order valence-electron chi connectivity index (χ0n) is 19.6. The van der Waals surface area contributed by atoms with Gasteiger partial charge in [0.1, 0.15) is 11.0 Å². The lowest BCUT2D eigenvalue weighted by atomic mass is 9.75. The number of piperazine rings is 1. The number of nitrogens with zero attached hydrogens (tertiary/aromatic N) is 3. The van der Waals surface area contributed by atoms with E-state index < -0.39 is 21.0 Å². The normalized spacial score (nSPS) is 24.9. The van der Waals surface area contributed by atoms with Crippen LogP contribution < -0.4 is 4.90 Å². The average molecular weight is 464 g/mol. The summed E-state index contributed by atoms with van der Waals surface area (Å²) in [6.45, 7) is 11.9. The minimum Gasteiger partial charge on any atom is -0.462 e. The fourth-order valence-electron chi connectivity index (χ4n) is 5.32. The summed E-state index contributed by atoms with van der Waals surface area (Å²) in [6, 6.07) is 8.73. The lowest BCUT2D eigenvalue weighted by Crippen LogP contribution is -2.52. The van der Waals surface area contributed by atoms with Crippen LogP contribution in [0, 0.1) is 12.3 Å². The van der Waals surface area contributed by atoms with E-state index in [1.807, 2.05) is 4.90 Å². The molecular formula is C24H37N3O4S. The number of aryl methyl sites for hydroxylation is 1. The number of hydrogen-bond donors (Lipinski definition) is 1. The summed E-state index contributed by atoms with van der Waals surface area (Å²) in [5.74, 6) is -0.0735. The van der Waals surface area contributed by atoms with E-state index in [4.69, 9.17) is 4.74 Å². The van der Waals surface area contributed by atoms with Crippen molar-refractivity contribution in [2.75, 3.05) is 50.7 Å². The van der Waals surface area contributed by atoms with E-state index in [-0.39, 0.29) is 12.1 Å². The number of rotatable bonds is 6. The molecule has 32 heavy (non-hydrogen) atoms. The first-order valence-corrected chi connectivity index (χ1v) is 13.0. The van der Waals surface area contributed by atoms with Crippen LogP contribution in [0.5, 0.6) is 0 Å². The molecule has 0 N–H and O–H groups in total.